The molecule has 0 aromatic rings. The molecule has 3 aliphatic rings. The molecule has 0 aromatic carbocycles. The van der Waals surface area contributed by atoms with Crippen molar-refractivity contribution in [3.63, 3.8) is 0 Å². The van der Waals surface area contributed by atoms with Crippen LogP contribution in [-0.2, 0) is 0 Å². The first kappa shape index (κ1) is 119. The van der Waals surface area contributed by atoms with Gasteiger partial charge in [0.2, 0.25) is 0 Å². The van der Waals surface area contributed by atoms with Crippen molar-refractivity contribution in [2.75, 3.05) is 58.9 Å². The summed E-state index contributed by atoms with van der Waals surface area (Å²) in [7, 11) is 0. The van der Waals surface area contributed by atoms with Crippen molar-refractivity contribution in [1.82, 2.24) is 5.32 Å². The minimum atomic E-state index is -0.0151. The van der Waals surface area contributed by atoms with Gasteiger partial charge in [-0.05, 0) is 308 Å². The van der Waals surface area contributed by atoms with Crippen molar-refractivity contribution in [3.05, 3.63) is 0 Å². The number of nitrogens with zero attached hydrogens (tertiary/aromatic N) is 1. The van der Waals surface area contributed by atoms with E-state index in [4.69, 9.17) is 103 Å². The fourth-order valence-electron chi connectivity index (χ4n) is 14.0. The number of guanidine groups is 1. The molecule has 1 heterocycles. The summed E-state index contributed by atoms with van der Waals surface area (Å²) in [4.78, 5) is 3.89. The molecule has 3 fully saturated rings. The molecule has 2 aliphatic carbocycles. The van der Waals surface area contributed by atoms with Crippen LogP contribution in [0.25, 0.3) is 0 Å². The minimum Gasteiger partial charge on any atom is -0.370 e. The number of hydrogen-bond acceptors (Lipinski definition) is 18. The Labute approximate surface area is 669 Å². The first-order valence-electron chi connectivity index (χ1n) is 44.2. The second kappa shape index (κ2) is 77.2. The van der Waals surface area contributed by atoms with Crippen molar-refractivity contribution in [3.8, 4) is 0 Å². The van der Waals surface area contributed by atoms with E-state index >= 15 is 0 Å². The van der Waals surface area contributed by atoms with Gasteiger partial charge in [0, 0.05) is 79.5 Å². The number of nitrogens with two attached hydrogens (primary N) is 18. The van der Waals surface area contributed by atoms with Crippen LogP contribution in [0.1, 0.15) is 340 Å². The highest BCUT2D eigenvalue weighted by molar-refractivity contribution is 5.75. The van der Waals surface area contributed by atoms with Gasteiger partial charge >= 0.3 is 0 Å². The fourth-order valence-corrected chi connectivity index (χ4v) is 14.0. The topological polar surface area (TPSA) is 493 Å². The van der Waals surface area contributed by atoms with Crippen molar-refractivity contribution in [2.45, 2.75) is 399 Å². The third-order valence-corrected chi connectivity index (χ3v) is 20.0. The summed E-state index contributed by atoms with van der Waals surface area (Å²) in [6.45, 7) is 60.2. The summed E-state index contributed by atoms with van der Waals surface area (Å²) in [5.74, 6) is 12.4. The Morgan fingerprint density at radius 3 is 0.925 bits per heavy atom. The molecule has 1 saturated heterocycles. The Morgan fingerprint density at radius 2 is 0.664 bits per heavy atom. The van der Waals surface area contributed by atoms with E-state index in [1.54, 1.807) is 0 Å². The molecule has 654 valence electrons. The van der Waals surface area contributed by atoms with Gasteiger partial charge in [-0.15, -0.1) is 0 Å². The number of aliphatic imine (C=N–C) groups is 1. The predicted molar refractivity (Wildman–Crippen MR) is 483 cm³/mol. The first-order valence-corrected chi connectivity index (χ1v) is 44.2. The zero-order valence-electron chi connectivity index (χ0n) is 76.2. The van der Waals surface area contributed by atoms with Gasteiger partial charge in [0.05, 0.1) is 0 Å². The van der Waals surface area contributed by atoms with Gasteiger partial charge in [-0.3, -0.25) is 4.99 Å². The van der Waals surface area contributed by atoms with Crippen LogP contribution in [0.3, 0.4) is 0 Å². The molecule has 20 heteroatoms. The zero-order valence-corrected chi connectivity index (χ0v) is 76.2. The lowest BCUT2D eigenvalue weighted by Gasteiger charge is -2.26. The molecule has 37 N–H and O–H groups in total. The van der Waals surface area contributed by atoms with E-state index in [-0.39, 0.29) is 23.6 Å². The normalized spacial score (nSPS) is 19.9. The number of rotatable bonds is 42. The van der Waals surface area contributed by atoms with Crippen molar-refractivity contribution >= 4 is 5.96 Å². The summed E-state index contributed by atoms with van der Waals surface area (Å²) in [5, 5.41) is 3.56. The molecular weight excluding hydrogens is 1330 g/mol. The number of hydrogen-bond donors (Lipinski definition) is 19. The van der Waals surface area contributed by atoms with Gasteiger partial charge in [0.25, 0.3) is 0 Å². The molecular formula is C87H206N20. The Morgan fingerprint density at radius 1 is 0.355 bits per heavy atom. The summed E-state index contributed by atoms with van der Waals surface area (Å²) in [6, 6.07) is 3.23. The smallest absolute Gasteiger partial charge is 0.185 e. The van der Waals surface area contributed by atoms with Crippen molar-refractivity contribution in [1.29, 1.82) is 0 Å². The molecule has 0 spiro atoms. The SMILES string of the molecule is CC(C)C[C@@H](N)CCC(N)C(C)C.CC(C)C[C@@H](N)CCCN.CC(C)C[C@@H](N)CCCN=C(N)N.CC(C)C[C@@H](N)CCN.CC(C)C[C@@H](N)CN.CC(C)C[C@@H]1CC(C(C)(C)N)CN1.CC(C)C[C@H](N)CCCN.CC(C)C[C@H]1CC[C@@H](CN)C1.CC(C)C[C@H]1CC[C@H](CN)C1.CC(C)[C@@H](N)CCCN. The van der Waals surface area contributed by atoms with Gasteiger partial charge in [0.1, 0.15) is 0 Å². The molecule has 2 unspecified atom stereocenters. The summed E-state index contributed by atoms with van der Waals surface area (Å²) in [5.41, 5.74) is 101. The molecule has 20 nitrogen and oxygen atoms in total. The maximum absolute atomic E-state index is 6.09. The fraction of sp³-hybridized carbons (Fsp3) is 0.989. The summed E-state index contributed by atoms with van der Waals surface area (Å²) >= 11 is 0. The molecule has 1 aliphatic heterocycles. The molecule has 0 aromatic heterocycles. The Bertz CT molecular complexity index is 1740. The third-order valence-electron chi connectivity index (χ3n) is 20.0. The summed E-state index contributed by atoms with van der Waals surface area (Å²) < 4.78 is 0. The average Bonchev–Trinajstić information content (AvgIpc) is 1.73. The maximum atomic E-state index is 6.09. The second-order valence-electron chi connectivity index (χ2n) is 38.1. The van der Waals surface area contributed by atoms with E-state index in [9.17, 15) is 0 Å². The third kappa shape index (κ3) is 93.4. The Hall–Kier alpha value is -1.41. The van der Waals surface area contributed by atoms with Crippen molar-refractivity contribution < 1.29 is 0 Å². The highest BCUT2D eigenvalue weighted by Crippen LogP contribution is 2.35. The standard InChI is InChI=1S/C11H24N2.C11H26N2.2C10H21N.C9H22N4.2C8H20N2.2C7H18N2.C6H16N2/c1-8(2)5-10-6-9(7-13-10)11(3,4)12;1-8(2)7-10(12)5-6-11(13)9(3)4;2*1-8(2)5-9-3-4-10(6-9)7-11;1-7(2)6-8(10)4-3-5-13-9(11)12;2*1-7(2)6-8(10)4-3-5-9;1-6(2)5-7(9)3-4-8;1-6(2)7(9)4-3-5-8;1-5(2)3-6(8)4-7/h8-10,13H,5-7,12H2,1-4H3;8-11H,5-7,12-13H2,1-4H3;2*8-10H,3-7,11H2,1-2H3;7-8H,3-6,10H2,1-2H3,(H4,11,12,13);2*7-8H,3-6,9-10H2,1-2H3;2*6-7H,3-5,8-9H2,1-2H3;5-6H,3-4,7-8H2,1-2H3/t9?,10-;10-,11?;9-,10+;9-,10-;3*8-;2*7-;6-/m1011010001/s1. The molecule has 2 saturated carbocycles. The van der Waals surface area contributed by atoms with Gasteiger partial charge in [-0.25, -0.2) is 0 Å². The van der Waals surface area contributed by atoms with E-state index in [1.807, 2.05) is 0 Å². The largest absolute Gasteiger partial charge is 0.370 e. The van der Waals surface area contributed by atoms with Crippen LogP contribution in [0.15, 0.2) is 4.99 Å². The van der Waals surface area contributed by atoms with E-state index in [2.05, 4.69) is 176 Å². The van der Waals surface area contributed by atoms with E-state index < -0.39 is 0 Å². The average molecular weight is 1530 g/mol. The van der Waals surface area contributed by atoms with E-state index in [0.717, 1.165) is 190 Å². The number of nitrogens with one attached hydrogen (secondary N) is 1. The van der Waals surface area contributed by atoms with Crippen LogP contribution in [0.5, 0.6) is 0 Å². The van der Waals surface area contributed by atoms with Crippen LogP contribution >= 0.6 is 0 Å². The molecule has 107 heavy (non-hydrogen) atoms. The lowest BCUT2D eigenvalue weighted by Crippen LogP contribution is -2.41. The molecule has 0 amide bonds. The van der Waals surface area contributed by atoms with Crippen LogP contribution in [0.4, 0.5) is 0 Å². The highest BCUT2D eigenvalue weighted by atomic mass is 15.0. The van der Waals surface area contributed by atoms with Gasteiger partial charge < -0.3 is 109 Å². The maximum Gasteiger partial charge on any atom is 0.185 e. The lowest BCUT2D eigenvalue weighted by molar-refractivity contribution is 0.335. The molecule has 0 bridgehead atoms. The van der Waals surface area contributed by atoms with Crippen LogP contribution < -0.4 is 109 Å². The predicted octanol–water partition coefficient (Wildman–Crippen LogP) is 13.0. The van der Waals surface area contributed by atoms with E-state index in [0.29, 0.717) is 115 Å². The van der Waals surface area contributed by atoms with Gasteiger partial charge in [0.15, 0.2) is 5.96 Å². The Kier molecular flexibility index (Phi) is 85.7. The second-order valence-corrected chi connectivity index (χ2v) is 38.1. The highest BCUT2D eigenvalue weighted by Gasteiger charge is 2.33. The van der Waals surface area contributed by atoms with Gasteiger partial charge in [-0.2, -0.15) is 0 Å². The lowest BCUT2D eigenvalue weighted by atomic mass is 9.85. The quantitative estimate of drug-likeness (QED) is 0.0153. The van der Waals surface area contributed by atoms with Crippen LogP contribution in [0.2, 0.25) is 0 Å². The molecule has 3 rings (SSSR count). The van der Waals surface area contributed by atoms with E-state index in [1.165, 1.54) is 64.2 Å². The van der Waals surface area contributed by atoms with Crippen LogP contribution in [0, 0.1) is 94.7 Å². The van der Waals surface area contributed by atoms with Crippen LogP contribution in [-0.4, -0.2) is 125 Å². The monoisotopic (exact) mass is 1530 g/mol. The Balaban J connectivity index is -0.000000208. The minimum absolute atomic E-state index is 0.0151. The molecule has 14 atom stereocenters. The van der Waals surface area contributed by atoms with Gasteiger partial charge in [-0.1, -0.05) is 165 Å². The first-order chi connectivity index (χ1) is 49.6. The molecule has 0 radical (unpaired) electrons. The van der Waals surface area contributed by atoms with Crippen molar-refractivity contribution in [2.24, 2.45) is 203 Å². The summed E-state index contributed by atoms with van der Waals surface area (Å²) in [6.07, 6.45) is 31.8. The zero-order chi connectivity index (χ0) is 84.4.